The van der Waals surface area contributed by atoms with Crippen LogP contribution in [0.4, 0.5) is 4.79 Å². The van der Waals surface area contributed by atoms with Crippen LogP contribution in [-0.4, -0.2) is 28.8 Å². The number of carboxylic acid groups (broad SMARTS) is 1. The Labute approximate surface area is 105 Å². The van der Waals surface area contributed by atoms with Crippen molar-refractivity contribution in [3.8, 4) is 0 Å². The quantitative estimate of drug-likeness (QED) is 0.880. The maximum absolute atomic E-state index is 10.4. The highest BCUT2D eigenvalue weighted by molar-refractivity contribution is 9.11. The molecule has 1 saturated heterocycles. The Morgan fingerprint density at radius 2 is 2.50 bits per heavy atom. The van der Waals surface area contributed by atoms with Crippen LogP contribution in [0.2, 0.25) is 0 Å². The number of ether oxygens (including phenoxy) is 1. The molecule has 0 spiro atoms. The maximum atomic E-state index is 10.4. The SMILES string of the molecule is O=C(O)NC1CCC(c2ncc(Br)s2)OC1. The van der Waals surface area contributed by atoms with Gasteiger partial charge < -0.3 is 15.2 Å². The molecular formula is C9H11BrN2O3S. The van der Waals surface area contributed by atoms with Crippen molar-refractivity contribution in [1.82, 2.24) is 10.3 Å². The number of hydrogen-bond acceptors (Lipinski definition) is 4. The molecule has 1 fully saturated rings. The summed E-state index contributed by atoms with van der Waals surface area (Å²) in [5.41, 5.74) is 0. The molecule has 2 heterocycles. The van der Waals surface area contributed by atoms with Crippen LogP contribution >= 0.6 is 27.3 Å². The summed E-state index contributed by atoms with van der Waals surface area (Å²) in [5, 5.41) is 11.9. The van der Waals surface area contributed by atoms with E-state index >= 15 is 0 Å². The summed E-state index contributed by atoms with van der Waals surface area (Å²) < 4.78 is 6.58. The second-order valence-electron chi connectivity index (χ2n) is 3.55. The first-order valence-corrected chi connectivity index (χ1v) is 6.48. The topological polar surface area (TPSA) is 71.5 Å². The van der Waals surface area contributed by atoms with Gasteiger partial charge in [-0.1, -0.05) is 0 Å². The van der Waals surface area contributed by atoms with Crippen molar-refractivity contribution in [2.75, 3.05) is 6.61 Å². The molecule has 2 unspecified atom stereocenters. The third-order valence-corrected chi connectivity index (χ3v) is 3.94. The zero-order valence-corrected chi connectivity index (χ0v) is 10.8. The van der Waals surface area contributed by atoms with Gasteiger partial charge in [0.25, 0.3) is 0 Å². The molecular weight excluding hydrogens is 296 g/mol. The Kier molecular flexibility index (Phi) is 3.78. The van der Waals surface area contributed by atoms with Crippen LogP contribution < -0.4 is 5.32 Å². The van der Waals surface area contributed by atoms with E-state index in [1.54, 1.807) is 17.5 Å². The van der Waals surface area contributed by atoms with Gasteiger partial charge in [-0.05, 0) is 28.8 Å². The first-order chi connectivity index (χ1) is 7.65. The Balaban J connectivity index is 1.87. The molecule has 16 heavy (non-hydrogen) atoms. The molecule has 1 aromatic heterocycles. The van der Waals surface area contributed by atoms with Gasteiger partial charge in [0.2, 0.25) is 0 Å². The van der Waals surface area contributed by atoms with Crippen LogP contribution in [0.5, 0.6) is 0 Å². The van der Waals surface area contributed by atoms with E-state index in [1.165, 1.54) is 0 Å². The minimum Gasteiger partial charge on any atom is -0.465 e. The Bertz CT molecular complexity index is 377. The van der Waals surface area contributed by atoms with Gasteiger partial charge >= 0.3 is 6.09 Å². The van der Waals surface area contributed by atoms with E-state index in [4.69, 9.17) is 9.84 Å². The zero-order chi connectivity index (χ0) is 11.5. The van der Waals surface area contributed by atoms with Gasteiger partial charge in [-0.15, -0.1) is 11.3 Å². The minimum atomic E-state index is -0.996. The fraction of sp³-hybridized carbons (Fsp3) is 0.556. The molecule has 7 heteroatoms. The van der Waals surface area contributed by atoms with Crippen LogP contribution in [0, 0.1) is 0 Å². The molecule has 2 rings (SSSR count). The second-order valence-corrected chi connectivity index (χ2v) is 5.99. The summed E-state index contributed by atoms with van der Waals surface area (Å²) in [6.45, 7) is 0.411. The Morgan fingerprint density at radius 3 is 3.00 bits per heavy atom. The van der Waals surface area contributed by atoms with Gasteiger partial charge in [-0.25, -0.2) is 9.78 Å². The molecule has 1 aliphatic rings. The fourth-order valence-corrected chi connectivity index (χ4v) is 2.98. The molecule has 0 radical (unpaired) electrons. The molecule has 0 aromatic carbocycles. The molecule has 88 valence electrons. The van der Waals surface area contributed by atoms with Crippen molar-refractivity contribution in [1.29, 1.82) is 0 Å². The number of rotatable bonds is 2. The third-order valence-electron chi connectivity index (χ3n) is 2.37. The number of carbonyl (C=O) groups is 1. The number of halogens is 1. The average molecular weight is 307 g/mol. The normalized spacial score (nSPS) is 25.3. The number of aromatic nitrogens is 1. The standard InChI is InChI=1S/C9H11BrN2O3S/c10-7-3-11-8(16-7)6-2-1-5(4-15-6)12-9(13)14/h3,5-6,12H,1-2,4H2,(H,13,14). The van der Waals surface area contributed by atoms with Crippen LogP contribution in [0.25, 0.3) is 0 Å². The lowest BCUT2D eigenvalue weighted by Gasteiger charge is -2.27. The van der Waals surface area contributed by atoms with Crippen molar-refractivity contribution >= 4 is 33.4 Å². The number of nitrogens with one attached hydrogen (secondary N) is 1. The average Bonchev–Trinajstić information content (AvgIpc) is 2.65. The van der Waals surface area contributed by atoms with Gasteiger partial charge in [0.1, 0.15) is 11.1 Å². The van der Waals surface area contributed by atoms with Crippen molar-refractivity contribution in [2.45, 2.75) is 25.0 Å². The molecule has 1 aromatic rings. The smallest absolute Gasteiger partial charge is 0.404 e. The van der Waals surface area contributed by atoms with Crippen LogP contribution in [-0.2, 0) is 4.74 Å². The molecule has 2 atom stereocenters. The Hall–Kier alpha value is -0.660. The molecule has 1 amide bonds. The summed E-state index contributed by atoms with van der Waals surface area (Å²) in [4.78, 5) is 14.7. The predicted molar refractivity (Wildman–Crippen MR) is 62.7 cm³/mol. The molecule has 1 aliphatic heterocycles. The van der Waals surface area contributed by atoms with Gasteiger partial charge in [-0.3, -0.25) is 0 Å². The van der Waals surface area contributed by atoms with Crippen molar-refractivity contribution in [3.05, 3.63) is 15.0 Å². The van der Waals surface area contributed by atoms with Crippen molar-refractivity contribution in [3.63, 3.8) is 0 Å². The summed E-state index contributed by atoms with van der Waals surface area (Å²) in [6, 6.07) is -0.0999. The fourth-order valence-electron chi connectivity index (χ4n) is 1.65. The largest absolute Gasteiger partial charge is 0.465 e. The highest BCUT2D eigenvalue weighted by atomic mass is 79.9. The van der Waals surface area contributed by atoms with Crippen molar-refractivity contribution in [2.24, 2.45) is 0 Å². The predicted octanol–water partition coefficient (Wildman–Crippen LogP) is 2.39. The third kappa shape index (κ3) is 2.93. The first kappa shape index (κ1) is 11.8. The molecule has 5 nitrogen and oxygen atoms in total. The van der Waals surface area contributed by atoms with Gasteiger partial charge in [0, 0.05) is 0 Å². The number of nitrogens with zero attached hydrogens (tertiary/aromatic N) is 1. The zero-order valence-electron chi connectivity index (χ0n) is 8.35. The first-order valence-electron chi connectivity index (χ1n) is 4.87. The van der Waals surface area contributed by atoms with E-state index in [0.717, 1.165) is 21.6 Å². The van der Waals surface area contributed by atoms with E-state index < -0.39 is 6.09 Å². The summed E-state index contributed by atoms with van der Waals surface area (Å²) in [6.07, 6.45) is 2.34. The summed E-state index contributed by atoms with van der Waals surface area (Å²) in [5.74, 6) is 0. The number of amides is 1. The molecule has 0 saturated carbocycles. The highest BCUT2D eigenvalue weighted by Crippen LogP contribution is 2.32. The maximum Gasteiger partial charge on any atom is 0.404 e. The van der Waals surface area contributed by atoms with Gasteiger partial charge in [0.15, 0.2) is 0 Å². The van der Waals surface area contributed by atoms with Gasteiger partial charge in [0.05, 0.1) is 22.6 Å². The van der Waals surface area contributed by atoms with Crippen LogP contribution in [0.3, 0.4) is 0 Å². The minimum absolute atomic E-state index is 0.00291. The molecule has 0 aliphatic carbocycles. The Morgan fingerprint density at radius 1 is 1.69 bits per heavy atom. The van der Waals surface area contributed by atoms with E-state index in [1.807, 2.05) is 0 Å². The second kappa shape index (κ2) is 5.11. The van der Waals surface area contributed by atoms with Crippen LogP contribution in [0.15, 0.2) is 9.98 Å². The summed E-state index contributed by atoms with van der Waals surface area (Å²) in [7, 11) is 0. The van der Waals surface area contributed by atoms with Gasteiger partial charge in [-0.2, -0.15) is 0 Å². The van der Waals surface area contributed by atoms with E-state index in [9.17, 15) is 4.79 Å². The van der Waals surface area contributed by atoms with Crippen molar-refractivity contribution < 1.29 is 14.6 Å². The number of hydrogen-bond donors (Lipinski definition) is 2. The summed E-state index contributed by atoms with van der Waals surface area (Å²) >= 11 is 4.91. The lowest BCUT2D eigenvalue weighted by atomic mass is 10.1. The van der Waals surface area contributed by atoms with E-state index in [0.29, 0.717) is 6.61 Å². The highest BCUT2D eigenvalue weighted by Gasteiger charge is 2.25. The number of thiazole rings is 1. The molecule has 0 bridgehead atoms. The lowest BCUT2D eigenvalue weighted by Crippen LogP contribution is -2.40. The van der Waals surface area contributed by atoms with E-state index in [-0.39, 0.29) is 12.1 Å². The molecule has 2 N–H and O–H groups in total. The van der Waals surface area contributed by atoms with Crippen LogP contribution in [0.1, 0.15) is 24.0 Å². The lowest BCUT2D eigenvalue weighted by molar-refractivity contribution is -0.00315. The van der Waals surface area contributed by atoms with E-state index in [2.05, 4.69) is 26.2 Å². The monoisotopic (exact) mass is 306 g/mol.